The lowest BCUT2D eigenvalue weighted by Crippen LogP contribution is -2.26. The maximum Gasteiger partial charge on any atom is 0.115 e. The van der Waals surface area contributed by atoms with E-state index < -0.39 is 0 Å². The summed E-state index contributed by atoms with van der Waals surface area (Å²) in [5.41, 5.74) is 1.01. The van der Waals surface area contributed by atoms with Crippen LogP contribution in [-0.4, -0.2) is 12.9 Å². The molecule has 1 fully saturated rings. The average Bonchev–Trinajstić information content (AvgIpc) is 2.05. The molecule has 0 aromatic rings. The Bertz CT molecular complexity index is 157. The molecular formula is C8H18BP. The van der Waals surface area contributed by atoms with Crippen molar-refractivity contribution in [1.29, 1.82) is 0 Å². The second-order valence-corrected chi connectivity index (χ2v) is 6.45. The Morgan fingerprint density at radius 1 is 1.40 bits per heavy atom. The SMILES string of the molecule is BC1(P)CC1(C)C(C)(C)C. The van der Waals surface area contributed by atoms with E-state index in [1.54, 1.807) is 0 Å². The van der Waals surface area contributed by atoms with Gasteiger partial charge in [0.2, 0.25) is 0 Å². The molecule has 3 atom stereocenters. The molecule has 1 aliphatic carbocycles. The summed E-state index contributed by atoms with van der Waals surface area (Å²) in [7, 11) is 5.32. The fourth-order valence-electron chi connectivity index (χ4n) is 1.81. The van der Waals surface area contributed by atoms with Gasteiger partial charge in [0, 0.05) is 0 Å². The Labute approximate surface area is 67.8 Å². The van der Waals surface area contributed by atoms with E-state index in [-0.39, 0.29) is 0 Å². The summed E-state index contributed by atoms with van der Waals surface area (Å²) in [5.74, 6) is 0. The van der Waals surface area contributed by atoms with Crippen LogP contribution in [-0.2, 0) is 0 Å². The third-order valence-electron chi connectivity index (χ3n) is 3.51. The van der Waals surface area contributed by atoms with E-state index in [1.807, 2.05) is 0 Å². The van der Waals surface area contributed by atoms with Crippen molar-refractivity contribution >= 4 is 17.1 Å². The molecule has 0 aromatic carbocycles. The van der Waals surface area contributed by atoms with Crippen LogP contribution >= 0.6 is 9.24 Å². The molecule has 0 heterocycles. The van der Waals surface area contributed by atoms with Crippen LogP contribution in [0.2, 0.25) is 0 Å². The van der Waals surface area contributed by atoms with Crippen LogP contribution < -0.4 is 0 Å². The molecule has 0 bridgehead atoms. The van der Waals surface area contributed by atoms with Gasteiger partial charge in [-0.15, -0.1) is 9.24 Å². The van der Waals surface area contributed by atoms with Crippen LogP contribution in [0.3, 0.4) is 0 Å². The topological polar surface area (TPSA) is 0 Å². The molecule has 0 amide bonds. The zero-order chi connectivity index (χ0) is 8.21. The van der Waals surface area contributed by atoms with Gasteiger partial charge in [-0.05, 0) is 22.3 Å². The van der Waals surface area contributed by atoms with Crippen LogP contribution in [0.5, 0.6) is 0 Å². The van der Waals surface area contributed by atoms with Crippen LogP contribution in [0.1, 0.15) is 34.1 Å². The van der Waals surface area contributed by atoms with Crippen LogP contribution in [0.4, 0.5) is 0 Å². The highest BCUT2D eigenvalue weighted by Crippen LogP contribution is 2.68. The first-order chi connectivity index (χ1) is 4.21. The quantitative estimate of drug-likeness (QED) is 0.369. The fourth-order valence-corrected chi connectivity index (χ4v) is 2.65. The van der Waals surface area contributed by atoms with Crippen molar-refractivity contribution in [3.63, 3.8) is 0 Å². The fraction of sp³-hybridized carbons (Fsp3) is 1.00. The third-order valence-corrected chi connectivity index (χ3v) is 4.35. The lowest BCUT2D eigenvalue weighted by Gasteiger charge is -2.30. The molecule has 2 heteroatoms. The van der Waals surface area contributed by atoms with Gasteiger partial charge < -0.3 is 0 Å². The van der Waals surface area contributed by atoms with E-state index >= 15 is 0 Å². The minimum Gasteiger partial charge on any atom is -0.139 e. The van der Waals surface area contributed by atoms with E-state index in [2.05, 4.69) is 44.8 Å². The Hall–Kier alpha value is 0.495. The van der Waals surface area contributed by atoms with Crippen molar-refractivity contribution in [2.75, 3.05) is 0 Å². The Morgan fingerprint density at radius 3 is 1.70 bits per heavy atom. The molecule has 58 valence electrons. The molecule has 0 N–H and O–H groups in total. The minimum atomic E-state index is 0.462. The lowest BCUT2D eigenvalue weighted by atomic mass is 9.73. The molecule has 0 nitrogen and oxygen atoms in total. The summed E-state index contributed by atoms with van der Waals surface area (Å²) < 4.78 is 0. The Kier molecular flexibility index (Phi) is 1.55. The molecule has 0 aliphatic heterocycles. The lowest BCUT2D eigenvalue weighted by molar-refractivity contribution is 0.234. The van der Waals surface area contributed by atoms with Gasteiger partial charge in [0.25, 0.3) is 0 Å². The Morgan fingerprint density at radius 2 is 1.70 bits per heavy atom. The van der Waals surface area contributed by atoms with Gasteiger partial charge in [-0.25, -0.2) is 0 Å². The predicted octanol–water partition coefficient (Wildman–Crippen LogP) is 1.65. The van der Waals surface area contributed by atoms with E-state index in [4.69, 9.17) is 0 Å². The number of hydrogen-bond acceptors (Lipinski definition) is 0. The van der Waals surface area contributed by atoms with Gasteiger partial charge in [0.05, 0.1) is 0 Å². The second kappa shape index (κ2) is 1.80. The summed E-state index contributed by atoms with van der Waals surface area (Å²) in [5, 5.41) is 0.505. The van der Waals surface area contributed by atoms with Crippen molar-refractivity contribution < 1.29 is 0 Å². The van der Waals surface area contributed by atoms with Gasteiger partial charge in [-0.2, -0.15) is 0 Å². The first-order valence-electron chi connectivity index (χ1n) is 4.00. The van der Waals surface area contributed by atoms with Crippen LogP contribution in [0.25, 0.3) is 0 Å². The minimum absolute atomic E-state index is 0.462. The van der Waals surface area contributed by atoms with E-state index in [0.717, 1.165) is 0 Å². The summed E-state index contributed by atoms with van der Waals surface area (Å²) in [6.07, 6.45) is 1.36. The van der Waals surface area contributed by atoms with Crippen molar-refractivity contribution in [3.05, 3.63) is 0 Å². The van der Waals surface area contributed by atoms with E-state index in [1.165, 1.54) is 6.42 Å². The summed E-state index contributed by atoms with van der Waals surface area (Å²) in [6, 6.07) is 0. The first-order valence-corrected chi connectivity index (χ1v) is 4.57. The maximum absolute atomic E-state index is 2.98. The molecule has 1 aliphatic rings. The van der Waals surface area contributed by atoms with Crippen molar-refractivity contribution in [2.45, 2.75) is 39.2 Å². The van der Waals surface area contributed by atoms with Crippen LogP contribution in [0.15, 0.2) is 0 Å². The Balaban J connectivity index is 2.78. The zero-order valence-electron chi connectivity index (χ0n) is 7.78. The highest BCUT2D eigenvalue weighted by Gasteiger charge is 2.62. The van der Waals surface area contributed by atoms with Crippen molar-refractivity contribution in [2.24, 2.45) is 10.8 Å². The maximum atomic E-state index is 2.98. The summed E-state index contributed by atoms with van der Waals surface area (Å²) in [4.78, 5) is 0. The standard InChI is InChI=1S/C8H18BP/c1-6(2,3)7(4)5-8(7,9)10/h5,9-10H2,1-4H3. The van der Waals surface area contributed by atoms with Gasteiger partial charge >= 0.3 is 0 Å². The molecule has 3 unspecified atom stereocenters. The normalized spacial score (nSPS) is 47.3. The molecule has 10 heavy (non-hydrogen) atoms. The summed E-state index contributed by atoms with van der Waals surface area (Å²) >= 11 is 0. The van der Waals surface area contributed by atoms with Crippen LogP contribution in [0, 0.1) is 10.8 Å². The molecule has 0 saturated heterocycles. The smallest absolute Gasteiger partial charge is 0.115 e. The summed E-state index contributed by atoms with van der Waals surface area (Å²) in [6.45, 7) is 9.40. The average molecular weight is 156 g/mol. The van der Waals surface area contributed by atoms with Gasteiger partial charge in [0.1, 0.15) is 7.85 Å². The molecular weight excluding hydrogens is 138 g/mol. The van der Waals surface area contributed by atoms with Crippen molar-refractivity contribution in [1.82, 2.24) is 0 Å². The van der Waals surface area contributed by atoms with Gasteiger partial charge in [0.15, 0.2) is 0 Å². The van der Waals surface area contributed by atoms with Gasteiger partial charge in [-0.1, -0.05) is 27.7 Å². The number of rotatable bonds is 0. The highest BCUT2D eigenvalue weighted by atomic mass is 31.0. The molecule has 0 spiro atoms. The molecule has 1 rings (SSSR count). The van der Waals surface area contributed by atoms with E-state index in [9.17, 15) is 0 Å². The molecule has 0 radical (unpaired) electrons. The molecule has 0 aromatic heterocycles. The predicted molar refractivity (Wildman–Crippen MR) is 53.2 cm³/mol. The van der Waals surface area contributed by atoms with Crippen molar-refractivity contribution in [3.8, 4) is 0 Å². The second-order valence-electron chi connectivity index (χ2n) is 5.18. The van der Waals surface area contributed by atoms with Gasteiger partial charge in [-0.3, -0.25) is 0 Å². The van der Waals surface area contributed by atoms with E-state index in [0.29, 0.717) is 15.9 Å². The third kappa shape index (κ3) is 0.943. The first kappa shape index (κ1) is 8.59. The zero-order valence-corrected chi connectivity index (χ0v) is 8.94. The molecule has 1 saturated carbocycles. The highest BCUT2D eigenvalue weighted by molar-refractivity contribution is 7.23. The largest absolute Gasteiger partial charge is 0.139 e. The number of hydrogen-bond donors (Lipinski definition) is 0. The monoisotopic (exact) mass is 156 g/mol.